The first-order valence-corrected chi connectivity index (χ1v) is 6.22. The molecular formula is C13H17NO7. The predicted octanol–water partition coefficient (Wildman–Crippen LogP) is 1.39. The van der Waals surface area contributed by atoms with Gasteiger partial charge in [-0.3, -0.25) is 0 Å². The van der Waals surface area contributed by atoms with Crippen LogP contribution in [0.2, 0.25) is 0 Å². The van der Waals surface area contributed by atoms with Gasteiger partial charge in [0.05, 0.1) is 0 Å². The van der Waals surface area contributed by atoms with Crippen molar-refractivity contribution in [3.63, 3.8) is 0 Å². The maximum atomic E-state index is 11.6. The summed E-state index contributed by atoms with van der Waals surface area (Å²) in [6, 6.07) is 0.697. The number of carboxylic acid groups (broad SMARTS) is 1. The van der Waals surface area contributed by atoms with E-state index in [-0.39, 0.29) is 11.7 Å². The fraction of sp³-hybridized carbons (Fsp3) is 0.385. The minimum Gasteiger partial charge on any atom is -0.504 e. The Labute approximate surface area is 120 Å². The van der Waals surface area contributed by atoms with Crippen molar-refractivity contribution in [1.82, 2.24) is 5.32 Å². The molecule has 21 heavy (non-hydrogen) atoms. The molecule has 0 aromatic heterocycles. The maximum Gasteiger partial charge on any atom is 0.413 e. The van der Waals surface area contributed by atoms with Crippen LogP contribution in [0.4, 0.5) is 4.79 Å². The lowest BCUT2D eigenvalue weighted by atomic mass is 10.00. The van der Waals surface area contributed by atoms with Gasteiger partial charge in [-0.15, -0.1) is 0 Å². The van der Waals surface area contributed by atoms with E-state index in [4.69, 9.17) is 14.9 Å². The average molecular weight is 299 g/mol. The van der Waals surface area contributed by atoms with Gasteiger partial charge in [-0.25, -0.2) is 9.59 Å². The van der Waals surface area contributed by atoms with Crippen molar-refractivity contribution in [2.24, 2.45) is 5.92 Å². The van der Waals surface area contributed by atoms with Crippen LogP contribution < -0.4 is 10.1 Å². The number of carbonyl (C=O) groups is 2. The van der Waals surface area contributed by atoms with Gasteiger partial charge in [-0.1, -0.05) is 20.3 Å². The zero-order chi connectivity index (χ0) is 16.2. The Morgan fingerprint density at radius 1 is 1.24 bits per heavy atom. The van der Waals surface area contributed by atoms with E-state index < -0.39 is 35.4 Å². The van der Waals surface area contributed by atoms with Crippen molar-refractivity contribution in [2.75, 3.05) is 0 Å². The van der Waals surface area contributed by atoms with Crippen LogP contribution in [-0.4, -0.2) is 38.5 Å². The molecule has 0 heterocycles. The molecule has 0 unspecified atom stereocenters. The van der Waals surface area contributed by atoms with Crippen LogP contribution in [0.1, 0.15) is 20.3 Å². The van der Waals surface area contributed by atoms with E-state index in [1.54, 1.807) is 13.8 Å². The second-order valence-corrected chi connectivity index (χ2v) is 4.55. The molecule has 0 bridgehead atoms. The highest BCUT2D eigenvalue weighted by molar-refractivity contribution is 5.81. The molecule has 0 saturated heterocycles. The molecule has 0 radical (unpaired) electrons. The zero-order valence-corrected chi connectivity index (χ0v) is 11.5. The van der Waals surface area contributed by atoms with Gasteiger partial charge in [0, 0.05) is 12.1 Å². The number of nitrogens with one attached hydrogen (secondary N) is 1. The third-order valence-electron chi connectivity index (χ3n) is 3.01. The van der Waals surface area contributed by atoms with Gasteiger partial charge in [0.25, 0.3) is 0 Å². The zero-order valence-electron chi connectivity index (χ0n) is 11.5. The predicted molar refractivity (Wildman–Crippen MR) is 71.5 cm³/mol. The van der Waals surface area contributed by atoms with Gasteiger partial charge in [0.1, 0.15) is 11.8 Å². The first-order chi connectivity index (χ1) is 9.76. The van der Waals surface area contributed by atoms with Crippen LogP contribution in [0.25, 0.3) is 0 Å². The molecule has 8 nitrogen and oxygen atoms in total. The molecule has 0 aliphatic heterocycles. The largest absolute Gasteiger partial charge is 0.504 e. The Balaban J connectivity index is 2.79. The fourth-order valence-electron chi connectivity index (χ4n) is 1.58. The summed E-state index contributed by atoms with van der Waals surface area (Å²) in [6.07, 6.45) is -0.509. The summed E-state index contributed by atoms with van der Waals surface area (Å²) in [5.41, 5.74) is 0. The van der Waals surface area contributed by atoms with Gasteiger partial charge in [-0.2, -0.15) is 0 Å². The molecule has 0 spiro atoms. The normalized spacial score (nSPS) is 13.2. The SMILES string of the molecule is CC[C@H](C)[C@H](NC(=O)Oc1cc(O)c(O)c(O)c1)C(=O)O. The molecule has 1 amide bonds. The number of ether oxygens (including phenoxy) is 1. The van der Waals surface area contributed by atoms with E-state index >= 15 is 0 Å². The molecule has 0 aliphatic rings. The number of amides is 1. The van der Waals surface area contributed by atoms with Crippen molar-refractivity contribution in [3.05, 3.63) is 12.1 Å². The number of carbonyl (C=O) groups excluding carboxylic acids is 1. The second kappa shape index (κ2) is 6.69. The van der Waals surface area contributed by atoms with Crippen molar-refractivity contribution in [1.29, 1.82) is 0 Å². The number of aromatic hydroxyl groups is 3. The van der Waals surface area contributed by atoms with Crippen LogP contribution in [0.5, 0.6) is 23.0 Å². The van der Waals surface area contributed by atoms with E-state index in [0.717, 1.165) is 12.1 Å². The van der Waals surface area contributed by atoms with E-state index in [1.807, 2.05) is 0 Å². The summed E-state index contributed by atoms with van der Waals surface area (Å²) < 4.78 is 4.76. The van der Waals surface area contributed by atoms with E-state index in [0.29, 0.717) is 6.42 Å². The molecule has 8 heteroatoms. The quantitative estimate of drug-likeness (QED) is 0.518. The summed E-state index contributed by atoms with van der Waals surface area (Å²) >= 11 is 0. The molecule has 0 aliphatic carbocycles. The van der Waals surface area contributed by atoms with Crippen LogP contribution in [-0.2, 0) is 4.79 Å². The highest BCUT2D eigenvalue weighted by atomic mass is 16.6. The molecular weight excluding hydrogens is 282 g/mol. The number of phenolic OH excluding ortho intramolecular Hbond substituents is 3. The Morgan fingerprint density at radius 2 is 1.76 bits per heavy atom. The minimum absolute atomic E-state index is 0.242. The molecule has 1 rings (SSSR count). The maximum absolute atomic E-state index is 11.6. The molecule has 5 N–H and O–H groups in total. The average Bonchev–Trinajstić information content (AvgIpc) is 2.40. The van der Waals surface area contributed by atoms with E-state index in [2.05, 4.69) is 5.32 Å². The molecule has 2 atom stereocenters. The molecule has 116 valence electrons. The third-order valence-corrected chi connectivity index (χ3v) is 3.01. The summed E-state index contributed by atoms with van der Waals surface area (Å²) in [5, 5.41) is 38.9. The summed E-state index contributed by atoms with van der Waals surface area (Å²) in [5.74, 6) is -3.84. The summed E-state index contributed by atoms with van der Waals surface area (Å²) in [4.78, 5) is 22.7. The minimum atomic E-state index is -1.20. The van der Waals surface area contributed by atoms with Crippen LogP contribution >= 0.6 is 0 Å². The Morgan fingerprint density at radius 3 is 2.19 bits per heavy atom. The summed E-state index contributed by atoms with van der Waals surface area (Å²) in [7, 11) is 0. The number of carboxylic acids is 1. The number of hydrogen-bond donors (Lipinski definition) is 5. The lowest BCUT2D eigenvalue weighted by molar-refractivity contribution is -0.140. The van der Waals surface area contributed by atoms with Gasteiger partial charge in [0.15, 0.2) is 11.5 Å². The number of aliphatic carboxylic acids is 1. The molecule has 1 aromatic carbocycles. The lowest BCUT2D eigenvalue weighted by Gasteiger charge is -2.19. The topological polar surface area (TPSA) is 136 Å². The van der Waals surface area contributed by atoms with Gasteiger partial charge < -0.3 is 30.5 Å². The number of hydrogen-bond acceptors (Lipinski definition) is 6. The van der Waals surface area contributed by atoms with Gasteiger partial charge >= 0.3 is 12.1 Å². The van der Waals surface area contributed by atoms with Crippen molar-refractivity contribution in [2.45, 2.75) is 26.3 Å². The Bertz CT molecular complexity index is 520. The highest BCUT2D eigenvalue weighted by Gasteiger charge is 2.26. The first kappa shape index (κ1) is 16.4. The lowest BCUT2D eigenvalue weighted by Crippen LogP contribution is -2.46. The van der Waals surface area contributed by atoms with Crippen molar-refractivity contribution < 1.29 is 34.8 Å². The smallest absolute Gasteiger partial charge is 0.413 e. The van der Waals surface area contributed by atoms with E-state index in [9.17, 15) is 19.8 Å². The number of phenols is 3. The highest BCUT2D eigenvalue weighted by Crippen LogP contribution is 2.38. The van der Waals surface area contributed by atoms with Gasteiger partial charge in [-0.05, 0) is 5.92 Å². The Hall–Kier alpha value is -2.64. The number of benzene rings is 1. The third kappa shape index (κ3) is 4.16. The van der Waals surface area contributed by atoms with Crippen molar-refractivity contribution >= 4 is 12.1 Å². The number of rotatable bonds is 5. The van der Waals surface area contributed by atoms with Crippen molar-refractivity contribution in [3.8, 4) is 23.0 Å². The molecule has 0 fully saturated rings. The van der Waals surface area contributed by atoms with Crippen LogP contribution in [0, 0.1) is 5.92 Å². The standard InChI is InChI=1S/C13H17NO7/c1-3-6(2)10(12(18)19)14-13(20)21-7-4-8(15)11(17)9(16)5-7/h4-6,10,15-17H,3H2,1-2H3,(H,14,20)(H,18,19)/t6-,10-/m0/s1. The van der Waals surface area contributed by atoms with Crippen LogP contribution in [0.3, 0.4) is 0 Å². The van der Waals surface area contributed by atoms with Gasteiger partial charge in [0.2, 0.25) is 5.75 Å². The molecule has 0 saturated carbocycles. The second-order valence-electron chi connectivity index (χ2n) is 4.55. The van der Waals surface area contributed by atoms with Crippen LogP contribution in [0.15, 0.2) is 12.1 Å². The summed E-state index contributed by atoms with van der Waals surface area (Å²) in [6.45, 7) is 3.45. The Kier molecular flexibility index (Phi) is 5.23. The first-order valence-electron chi connectivity index (χ1n) is 6.22. The molecule has 1 aromatic rings. The fourth-order valence-corrected chi connectivity index (χ4v) is 1.58. The monoisotopic (exact) mass is 299 g/mol. The van der Waals surface area contributed by atoms with E-state index in [1.165, 1.54) is 0 Å².